The number of rotatable bonds is 2. The fourth-order valence-electron chi connectivity index (χ4n) is 0. The highest BCUT2D eigenvalue weighted by Gasteiger charge is 2.02. The van der Waals surface area contributed by atoms with Crippen molar-refractivity contribution < 1.29 is 19.8 Å². The molecular formula is C8H12O4Si. The largest absolute Gasteiger partial charge is 0.895 e. The Balaban J connectivity index is -0.000000120. The molecule has 0 aromatic carbocycles. The van der Waals surface area contributed by atoms with Crippen LogP contribution in [0.5, 0.6) is 0 Å². The number of aliphatic carboxylic acids is 2. The molecule has 5 heteroatoms. The zero-order chi connectivity index (χ0) is 11.3. The van der Waals surface area contributed by atoms with Gasteiger partial charge >= 0.3 is 9.52 Å². The van der Waals surface area contributed by atoms with Crippen molar-refractivity contribution in [2.75, 3.05) is 0 Å². The first kappa shape index (κ1) is 17.7. The Labute approximate surface area is 80.4 Å². The van der Waals surface area contributed by atoms with E-state index in [0.717, 1.165) is 21.7 Å². The average Bonchev–Trinajstić information content (AvgIpc) is 2.07. The van der Waals surface area contributed by atoms with Crippen molar-refractivity contribution in [3.05, 3.63) is 25.3 Å². The first-order valence-corrected chi connectivity index (χ1v) is 5.21. The number of carbonyl (C=O) groups is 2. The molecule has 4 nitrogen and oxygen atoms in total. The van der Waals surface area contributed by atoms with Crippen molar-refractivity contribution >= 4 is 21.5 Å². The predicted molar refractivity (Wildman–Crippen MR) is 47.9 cm³/mol. The van der Waals surface area contributed by atoms with Crippen LogP contribution in [-0.4, -0.2) is 21.5 Å². The van der Waals surface area contributed by atoms with Gasteiger partial charge in [0.1, 0.15) is 0 Å². The quantitative estimate of drug-likeness (QED) is 0.407. The molecule has 0 N–H and O–H groups in total. The zero-order valence-corrected chi connectivity index (χ0v) is 8.70. The maximum atomic E-state index is 9.14. The fraction of sp³-hybridized carbons (Fsp3) is 0.250. The molecule has 0 bridgehead atoms. The van der Waals surface area contributed by atoms with E-state index in [2.05, 4.69) is 26.3 Å². The number of carboxylic acid groups (broad SMARTS) is 2. The van der Waals surface area contributed by atoms with Crippen molar-refractivity contribution in [3.8, 4) is 0 Å². The average molecular weight is 200 g/mol. The minimum Gasteiger partial charge on any atom is -0.545 e. The lowest BCUT2D eigenvalue weighted by atomic mass is 10.7. The summed E-state index contributed by atoms with van der Waals surface area (Å²) in [6.45, 7) is 10.1. The van der Waals surface area contributed by atoms with Gasteiger partial charge in [0.25, 0.3) is 0 Å². The Morgan fingerprint density at radius 3 is 1.15 bits per heavy atom. The monoisotopic (exact) mass is 200 g/mol. The van der Waals surface area contributed by atoms with Gasteiger partial charge in [-0.1, -0.05) is 13.2 Å². The molecule has 0 aromatic rings. The highest BCUT2D eigenvalue weighted by atomic mass is 28.2. The normalized spacial score (nSPS) is 5.69. The first-order valence-electron chi connectivity index (χ1n) is 3.21. The molecule has 0 heterocycles. The van der Waals surface area contributed by atoms with Crippen molar-refractivity contribution in [2.24, 2.45) is 0 Å². The van der Waals surface area contributed by atoms with Gasteiger partial charge in [0.2, 0.25) is 13.1 Å². The van der Waals surface area contributed by atoms with Gasteiger partial charge < -0.3 is 19.8 Å². The lowest BCUT2D eigenvalue weighted by molar-refractivity contribution is -0.298. The van der Waals surface area contributed by atoms with E-state index in [0.29, 0.717) is 0 Å². The lowest BCUT2D eigenvalue weighted by Gasteiger charge is -1.81. The van der Waals surface area contributed by atoms with Gasteiger partial charge in [-0.05, 0) is 12.2 Å². The highest BCUT2D eigenvalue weighted by molar-refractivity contribution is 6.31. The number of carbonyl (C=O) groups excluding carboxylic acids is 2. The van der Waals surface area contributed by atoms with Crippen molar-refractivity contribution in [1.82, 2.24) is 0 Å². The molecule has 0 aliphatic heterocycles. The van der Waals surface area contributed by atoms with Gasteiger partial charge in [0, 0.05) is 0 Å². The van der Waals surface area contributed by atoms with E-state index in [1.165, 1.54) is 0 Å². The molecule has 13 heavy (non-hydrogen) atoms. The minimum atomic E-state index is -1.23. The highest BCUT2D eigenvalue weighted by Crippen LogP contribution is 1.47. The third kappa shape index (κ3) is 114. The zero-order valence-electron chi connectivity index (χ0n) is 7.70. The third-order valence-electron chi connectivity index (χ3n) is 0.333. The summed E-state index contributed by atoms with van der Waals surface area (Å²) in [5.74, 6) is -2.46. The summed E-state index contributed by atoms with van der Waals surface area (Å²) in [6.07, 6.45) is 1.44. The SMILES string of the molecule is C=CC(=O)[O-].C=CC(=O)[O-].C[Si+2]C. The molecule has 0 amide bonds. The summed E-state index contributed by atoms with van der Waals surface area (Å²) in [6, 6.07) is 0. The topological polar surface area (TPSA) is 80.3 Å². The van der Waals surface area contributed by atoms with Crippen molar-refractivity contribution in [2.45, 2.75) is 13.1 Å². The molecule has 0 saturated carbocycles. The summed E-state index contributed by atoms with van der Waals surface area (Å²) in [7, 11) is 1.08. The second-order valence-corrected chi connectivity index (χ2v) is 2.55. The second kappa shape index (κ2) is 16.9. The fourth-order valence-corrected chi connectivity index (χ4v) is 0. The van der Waals surface area contributed by atoms with Crippen molar-refractivity contribution in [1.29, 1.82) is 0 Å². The molecule has 72 valence electrons. The van der Waals surface area contributed by atoms with Crippen LogP contribution in [0.25, 0.3) is 0 Å². The molecular weight excluding hydrogens is 188 g/mol. The molecule has 0 spiro atoms. The van der Waals surface area contributed by atoms with E-state index < -0.39 is 11.9 Å². The minimum absolute atomic E-state index is 0.722. The van der Waals surface area contributed by atoms with Gasteiger partial charge in [-0.2, -0.15) is 0 Å². The van der Waals surface area contributed by atoms with E-state index in [1.807, 2.05) is 0 Å². The van der Waals surface area contributed by atoms with Crippen LogP contribution in [0, 0.1) is 0 Å². The predicted octanol–water partition coefficient (Wildman–Crippen LogP) is -1.37. The molecule has 0 aliphatic rings. The molecule has 0 aliphatic carbocycles. The Bertz CT molecular complexity index is 148. The van der Waals surface area contributed by atoms with Crippen molar-refractivity contribution in [3.63, 3.8) is 0 Å². The lowest BCUT2D eigenvalue weighted by Crippen LogP contribution is -2.17. The first-order chi connectivity index (χ1) is 5.95. The van der Waals surface area contributed by atoms with E-state index in [4.69, 9.17) is 19.8 Å². The maximum absolute atomic E-state index is 9.14. The van der Waals surface area contributed by atoms with E-state index in [9.17, 15) is 0 Å². The van der Waals surface area contributed by atoms with Gasteiger partial charge in [-0.25, -0.2) is 0 Å². The van der Waals surface area contributed by atoms with E-state index in [-0.39, 0.29) is 0 Å². The van der Waals surface area contributed by atoms with Crippen LogP contribution in [-0.2, 0) is 9.59 Å². The van der Waals surface area contributed by atoms with Gasteiger partial charge in [0.05, 0.1) is 11.9 Å². The van der Waals surface area contributed by atoms with Crippen LogP contribution in [0.1, 0.15) is 0 Å². The maximum Gasteiger partial charge on any atom is 0.895 e. The summed E-state index contributed by atoms with van der Waals surface area (Å²) in [5, 5.41) is 18.3. The summed E-state index contributed by atoms with van der Waals surface area (Å²) >= 11 is 0. The molecule has 0 rings (SSSR count). The molecule has 0 fully saturated rings. The van der Waals surface area contributed by atoms with E-state index >= 15 is 0 Å². The number of hydrogen-bond donors (Lipinski definition) is 0. The molecule has 0 unspecified atom stereocenters. The standard InChI is InChI=1S/2C3H4O2.C2H6Si/c2*1-2-3(4)5;1-3-2/h2*2H,1H2,(H,4,5);1-2H3/q;;+2/p-2. The van der Waals surface area contributed by atoms with Gasteiger partial charge in [-0.15, -0.1) is 0 Å². The second-order valence-electron chi connectivity index (χ2n) is 1.55. The summed E-state index contributed by atoms with van der Waals surface area (Å²) in [5.41, 5.74) is 0. The number of hydrogen-bond acceptors (Lipinski definition) is 4. The Hall–Kier alpha value is -1.36. The third-order valence-corrected chi connectivity index (χ3v) is 0.333. The van der Waals surface area contributed by atoms with Gasteiger partial charge in [0.15, 0.2) is 0 Å². The van der Waals surface area contributed by atoms with Crippen LogP contribution in [0.2, 0.25) is 13.1 Å². The van der Waals surface area contributed by atoms with Crippen LogP contribution in [0.3, 0.4) is 0 Å². The molecule has 0 aromatic heterocycles. The van der Waals surface area contributed by atoms with Crippen LogP contribution in [0.15, 0.2) is 25.3 Å². The molecule has 0 atom stereocenters. The van der Waals surface area contributed by atoms with Crippen LogP contribution in [0.4, 0.5) is 0 Å². The smallest absolute Gasteiger partial charge is 0.545 e. The Morgan fingerprint density at radius 1 is 1.08 bits per heavy atom. The summed E-state index contributed by atoms with van der Waals surface area (Å²) < 4.78 is 0. The summed E-state index contributed by atoms with van der Waals surface area (Å²) in [4.78, 5) is 18.3. The molecule has 0 radical (unpaired) electrons. The van der Waals surface area contributed by atoms with Gasteiger partial charge in [-0.3, -0.25) is 0 Å². The van der Waals surface area contributed by atoms with Crippen LogP contribution < -0.4 is 10.2 Å². The Kier molecular flexibility index (Phi) is 23.0. The van der Waals surface area contributed by atoms with E-state index in [1.54, 1.807) is 0 Å². The molecule has 0 saturated heterocycles. The van der Waals surface area contributed by atoms with Crippen LogP contribution >= 0.6 is 0 Å². The number of carboxylic acids is 2. The Morgan fingerprint density at radius 2 is 1.15 bits per heavy atom.